The summed E-state index contributed by atoms with van der Waals surface area (Å²) in [4.78, 5) is 53.6. The van der Waals surface area contributed by atoms with Gasteiger partial charge in [0.1, 0.15) is 0 Å². The molecular weight excluding hydrogens is 359 g/mol. The summed E-state index contributed by atoms with van der Waals surface area (Å²) in [6, 6.07) is 0. The van der Waals surface area contributed by atoms with Gasteiger partial charge in [-0.05, 0) is 0 Å². The molecule has 0 aliphatic heterocycles. The molecule has 0 saturated heterocycles. The molecule has 107 valence electrons. The molecule has 0 saturated carbocycles. The van der Waals surface area contributed by atoms with Gasteiger partial charge in [0.15, 0.2) is 0 Å². The molecule has 0 unspecified atom stereocenters. The van der Waals surface area contributed by atoms with Crippen LogP contribution in [0.3, 0.4) is 0 Å². The van der Waals surface area contributed by atoms with Crippen molar-refractivity contribution in [2.24, 2.45) is 0 Å². The maximum atomic E-state index is 8.93. The van der Waals surface area contributed by atoms with Crippen LogP contribution in [0.2, 0.25) is 0 Å². The van der Waals surface area contributed by atoms with Crippen molar-refractivity contribution in [2.75, 3.05) is 0 Å². The zero-order valence-electron chi connectivity index (χ0n) is 9.25. The average molecular weight is 359 g/mol. The summed E-state index contributed by atoms with van der Waals surface area (Å²) >= 11 is 0. The Balaban J connectivity index is -0.0000000536. The Bertz CT molecular complexity index is 283. The topological polar surface area (TPSA) is 241 Å². The minimum absolute atomic E-state index is 0. The number of carbonyl (C=O) groups excluding carboxylic acids is 6. The SMILES string of the molecule is O=C([O-])C(=O)[O-].O=C([O-])C(=O)[O-].O=C([O-])C(=O)[O-].[Fe+3].[K+]. The fourth-order valence-electron chi connectivity index (χ4n) is 0. The van der Waals surface area contributed by atoms with E-state index in [1.807, 2.05) is 0 Å². The smallest absolute Gasteiger partial charge is 0.543 e. The van der Waals surface area contributed by atoms with Gasteiger partial charge < -0.3 is 59.4 Å². The molecule has 0 aromatic rings. The Kier molecular flexibility index (Phi) is 28.2. The first kappa shape index (κ1) is 31.4. The second kappa shape index (κ2) is 18.0. The molecule has 0 fully saturated rings. The third-order valence-corrected chi connectivity index (χ3v) is 0.500. The summed E-state index contributed by atoms with van der Waals surface area (Å²) in [5, 5.41) is 53.6. The zero-order valence-corrected chi connectivity index (χ0v) is 13.5. The van der Waals surface area contributed by atoms with Crippen LogP contribution >= 0.6 is 0 Å². The van der Waals surface area contributed by atoms with Gasteiger partial charge in [-0.15, -0.1) is 0 Å². The van der Waals surface area contributed by atoms with Gasteiger partial charge in [0.2, 0.25) is 0 Å². The van der Waals surface area contributed by atoms with Crippen LogP contribution in [0, 0.1) is 0 Å². The maximum absolute atomic E-state index is 8.93. The van der Waals surface area contributed by atoms with E-state index in [1.165, 1.54) is 0 Å². The third kappa shape index (κ3) is 36.0. The minimum Gasteiger partial charge on any atom is -0.543 e. The van der Waals surface area contributed by atoms with Gasteiger partial charge >= 0.3 is 68.5 Å². The van der Waals surface area contributed by atoms with Crippen molar-refractivity contribution in [1.82, 2.24) is 0 Å². The van der Waals surface area contributed by atoms with Gasteiger partial charge in [-0.3, -0.25) is 0 Å². The summed E-state index contributed by atoms with van der Waals surface area (Å²) < 4.78 is 0. The van der Waals surface area contributed by atoms with E-state index in [4.69, 9.17) is 59.4 Å². The normalized spacial score (nSPS) is 6.60. The van der Waals surface area contributed by atoms with E-state index in [9.17, 15) is 0 Å². The number of hydrogen-bond acceptors (Lipinski definition) is 12. The Labute approximate surface area is 162 Å². The molecule has 0 N–H and O–H groups in total. The first-order valence-corrected chi connectivity index (χ1v) is 3.20. The molecule has 0 aliphatic rings. The molecule has 0 bridgehead atoms. The van der Waals surface area contributed by atoms with Crippen molar-refractivity contribution >= 4 is 35.8 Å². The second-order valence-electron chi connectivity index (χ2n) is 1.72. The molecule has 12 nitrogen and oxygen atoms in total. The van der Waals surface area contributed by atoms with Gasteiger partial charge in [0, 0.05) is 0 Å². The van der Waals surface area contributed by atoms with Crippen LogP contribution in [0.25, 0.3) is 0 Å². The largest absolute Gasteiger partial charge is 3.00 e. The van der Waals surface area contributed by atoms with Crippen molar-refractivity contribution in [3.63, 3.8) is 0 Å². The molecule has 20 heavy (non-hydrogen) atoms. The molecular formula is C6FeKO12-2. The maximum Gasteiger partial charge on any atom is 3.00 e. The van der Waals surface area contributed by atoms with Crippen molar-refractivity contribution in [3.05, 3.63) is 0 Å². The van der Waals surface area contributed by atoms with E-state index in [0.717, 1.165) is 0 Å². The first-order chi connectivity index (χ1) is 7.93. The van der Waals surface area contributed by atoms with Gasteiger partial charge in [-0.1, -0.05) is 0 Å². The number of carboxylic acids is 6. The van der Waals surface area contributed by atoms with Crippen LogP contribution in [0.5, 0.6) is 0 Å². The van der Waals surface area contributed by atoms with Gasteiger partial charge in [-0.2, -0.15) is 0 Å². The molecule has 0 aromatic carbocycles. The summed E-state index contributed by atoms with van der Waals surface area (Å²) in [6.45, 7) is 0. The predicted molar refractivity (Wildman–Crippen MR) is 30.0 cm³/mol. The number of aliphatic carboxylic acids is 6. The molecule has 0 rings (SSSR count). The molecule has 0 aromatic heterocycles. The van der Waals surface area contributed by atoms with Crippen LogP contribution < -0.4 is 82.0 Å². The van der Waals surface area contributed by atoms with E-state index in [2.05, 4.69) is 0 Å². The number of carbonyl (C=O) groups is 6. The number of hydrogen-bond donors (Lipinski definition) is 0. The number of carboxylic acid groups (broad SMARTS) is 6. The van der Waals surface area contributed by atoms with Crippen molar-refractivity contribution in [2.45, 2.75) is 0 Å². The molecule has 0 aliphatic carbocycles. The Morgan fingerprint density at radius 1 is 0.400 bits per heavy atom. The molecule has 0 spiro atoms. The van der Waals surface area contributed by atoms with Crippen molar-refractivity contribution in [3.8, 4) is 0 Å². The van der Waals surface area contributed by atoms with E-state index >= 15 is 0 Å². The minimum atomic E-state index is -2.19. The molecule has 1 radical (unpaired) electrons. The fraction of sp³-hybridized carbons (Fsp3) is 0. The standard InChI is InChI=1S/3C2H2O4.Fe.K/c3*3-1(4)2(5)6;;/h3*(H,3,4)(H,5,6);;/q;;;+3;+1/p-6. The van der Waals surface area contributed by atoms with Gasteiger partial charge in [0.05, 0.1) is 35.8 Å². The molecule has 0 atom stereocenters. The Morgan fingerprint density at radius 3 is 0.450 bits per heavy atom. The number of rotatable bonds is 0. The van der Waals surface area contributed by atoms with Crippen LogP contribution in [0.1, 0.15) is 0 Å². The Morgan fingerprint density at radius 2 is 0.450 bits per heavy atom. The third-order valence-electron chi connectivity index (χ3n) is 0.500. The zero-order chi connectivity index (χ0) is 15.5. The van der Waals surface area contributed by atoms with E-state index in [0.29, 0.717) is 0 Å². The summed E-state index contributed by atoms with van der Waals surface area (Å²) in [6.07, 6.45) is 0. The van der Waals surface area contributed by atoms with Crippen LogP contribution in [0.4, 0.5) is 0 Å². The van der Waals surface area contributed by atoms with E-state index in [1.54, 1.807) is 0 Å². The van der Waals surface area contributed by atoms with Gasteiger partial charge in [0.25, 0.3) is 0 Å². The first-order valence-electron chi connectivity index (χ1n) is 3.20. The summed E-state index contributed by atoms with van der Waals surface area (Å²) in [5.74, 6) is -13.1. The predicted octanol–water partition coefficient (Wildman–Crippen LogP) is -13.5. The van der Waals surface area contributed by atoms with E-state index < -0.39 is 35.8 Å². The van der Waals surface area contributed by atoms with Crippen molar-refractivity contribution in [1.29, 1.82) is 0 Å². The average Bonchev–Trinajstić information content (AvgIpc) is 2.18. The van der Waals surface area contributed by atoms with Crippen LogP contribution in [0.15, 0.2) is 0 Å². The van der Waals surface area contributed by atoms with Crippen LogP contribution in [-0.2, 0) is 45.8 Å². The molecule has 14 heteroatoms. The Hall–Kier alpha value is -1.02. The molecule has 0 heterocycles. The van der Waals surface area contributed by atoms with Crippen LogP contribution in [-0.4, -0.2) is 35.8 Å². The second-order valence-corrected chi connectivity index (χ2v) is 1.72. The van der Waals surface area contributed by atoms with Crippen molar-refractivity contribution < 1.29 is 128 Å². The van der Waals surface area contributed by atoms with Gasteiger partial charge in [-0.25, -0.2) is 0 Å². The monoisotopic (exact) mass is 359 g/mol. The summed E-state index contributed by atoms with van der Waals surface area (Å²) in [7, 11) is 0. The molecule has 0 amide bonds. The quantitative estimate of drug-likeness (QED) is 0.289. The fourth-order valence-corrected chi connectivity index (χ4v) is 0. The summed E-state index contributed by atoms with van der Waals surface area (Å²) in [5.41, 5.74) is 0. The van der Waals surface area contributed by atoms with E-state index in [-0.39, 0.29) is 68.5 Å².